The molecule has 28 heavy (non-hydrogen) atoms. The molecular weight excluding hydrogens is 365 g/mol. The average Bonchev–Trinajstić information content (AvgIpc) is 2.99. The molecule has 2 atom stereocenters. The Morgan fingerprint density at radius 1 is 1.25 bits per heavy atom. The Morgan fingerprint density at radius 3 is 2.75 bits per heavy atom. The van der Waals surface area contributed by atoms with Crippen LogP contribution in [-0.4, -0.2) is 42.0 Å². The van der Waals surface area contributed by atoms with Gasteiger partial charge in [-0.2, -0.15) is 0 Å². The molecule has 150 valence electrons. The molecule has 3 N–H and O–H groups in total. The molecule has 1 aliphatic carbocycles. The largest absolute Gasteiger partial charge is 0.381 e. The predicted octanol–water partition coefficient (Wildman–Crippen LogP) is 1.58. The van der Waals surface area contributed by atoms with Crippen LogP contribution in [0.5, 0.6) is 0 Å². The fourth-order valence-electron chi connectivity index (χ4n) is 4.56. The van der Waals surface area contributed by atoms with Gasteiger partial charge in [-0.15, -0.1) is 0 Å². The summed E-state index contributed by atoms with van der Waals surface area (Å²) in [4.78, 5) is 38.7. The second-order valence-electron chi connectivity index (χ2n) is 7.90. The van der Waals surface area contributed by atoms with Crippen molar-refractivity contribution in [3.05, 3.63) is 35.1 Å². The summed E-state index contributed by atoms with van der Waals surface area (Å²) in [5, 5.41) is 2.31. The molecule has 8 heteroatoms. The Bertz CT molecular complexity index is 824. The topological polar surface area (TPSA) is 102 Å². The molecule has 1 aromatic rings. The van der Waals surface area contributed by atoms with Gasteiger partial charge in [0.05, 0.1) is 0 Å². The molecular formula is C20H24FN3O4. The first-order valence-electron chi connectivity index (χ1n) is 9.72. The van der Waals surface area contributed by atoms with Crippen LogP contribution in [0.4, 0.5) is 9.18 Å². The summed E-state index contributed by atoms with van der Waals surface area (Å²) in [6, 6.07) is 3.69. The zero-order chi connectivity index (χ0) is 19.9. The number of hydrogen-bond acceptors (Lipinski definition) is 5. The van der Waals surface area contributed by atoms with Crippen molar-refractivity contribution in [2.45, 2.75) is 50.1 Å². The number of nitrogens with one attached hydrogen (secondary N) is 1. The third kappa shape index (κ3) is 3.31. The third-order valence-corrected chi connectivity index (χ3v) is 6.18. The molecule has 0 radical (unpaired) electrons. The summed E-state index contributed by atoms with van der Waals surface area (Å²) in [5.74, 6) is -2.36. The Hall–Kier alpha value is -2.32. The van der Waals surface area contributed by atoms with Crippen molar-refractivity contribution in [2.75, 3.05) is 13.2 Å². The molecule has 4 amide bonds. The molecule has 2 fully saturated rings. The number of rotatable bonds is 4. The fraction of sp³-hybridized carbons (Fsp3) is 0.550. The smallest absolute Gasteiger partial charge is 0.331 e. The molecule has 7 nitrogen and oxygen atoms in total. The van der Waals surface area contributed by atoms with E-state index in [0.29, 0.717) is 38.9 Å². The highest BCUT2D eigenvalue weighted by molar-refractivity contribution is 6.16. The standard InChI is InChI=1S/C20H24FN3O4/c21-13-2-1-12-3-7-20(22,16(12)11-13)8-4-15-17(25)23-19(27)24(18(15)26)14-5-9-28-10-6-14/h1-2,11,14-15H,3-10,22H2,(H,23,25,27)/t15?,20-/m0/s1. The van der Waals surface area contributed by atoms with Gasteiger partial charge in [-0.05, 0) is 61.8 Å². The summed E-state index contributed by atoms with van der Waals surface area (Å²) in [6.07, 6.45) is 3.08. The molecule has 2 aliphatic heterocycles. The number of halogens is 1. The molecule has 0 aromatic heterocycles. The SMILES string of the molecule is N[C@]1(CCC2C(=O)NC(=O)N(C3CCOCC3)C2=O)CCc2ccc(F)cc21. The van der Waals surface area contributed by atoms with E-state index >= 15 is 0 Å². The molecule has 0 spiro atoms. The minimum atomic E-state index is -0.960. The Kier molecular flexibility index (Phi) is 4.93. The number of barbiturate groups is 1. The van der Waals surface area contributed by atoms with Gasteiger partial charge in [0.1, 0.15) is 11.7 Å². The average molecular weight is 389 g/mol. The zero-order valence-corrected chi connectivity index (χ0v) is 15.6. The van der Waals surface area contributed by atoms with Crippen LogP contribution in [0.2, 0.25) is 0 Å². The predicted molar refractivity (Wildman–Crippen MR) is 97.5 cm³/mol. The van der Waals surface area contributed by atoms with Crippen molar-refractivity contribution >= 4 is 17.8 Å². The van der Waals surface area contributed by atoms with Gasteiger partial charge < -0.3 is 10.5 Å². The van der Waals surface area contributed by atoms with Gasteiger partial charge in [-0.1, -0.05) is 6.07 Å². The Balaban J connectivity index is 1.50. The summed E-state index contributed by atoms with van der Waals surface area (Å²) < 4.78 is 19.0. The van der Waals surface area contributed by atoms with Crippen molar-refractivity contribution in [3.8, 4) is 0 Å². The second kappa shape index (κ2) is 7.25. The monoisotopic (exact) mass is 389 g/mol. The van der Waals surface area contributed by atoms with Gasteiger partial charge in [0.2, 0.25) is 11.8 Å². The van der Waals surface area contributed by atoms with Crippen LogP contribution in [-0.2, 0) is 26.3 Å². The van der Waals surface area contributed by atoms with Crippen LogP contribution < -0.4 is 11.1 Å². The zero-order valence-electron chi connectivity index (χ0n) is 15.6. The molecule has 4 rings (SSSR count). The highest BCUT2D eigenvalue weighted by atomic mass is 19.1. The van der Waals surface area contributed by atoms with Crippen molar-refractivity contribution < 1.29 is 23.5 Å². The maximum atomic E-state index is 13.7. The second-order valence-corrected chi connectivity index (χ2v) is 7.90. The number of urea groups is 1. The number of carbonyl (C=O) groups excluding carboxylic acids is 3. The van der Waals surface area contributed by atoms with Gasteiger partial charge in [0, 0.05) is 24.8 Å². The molecule has 0 bridgehead atoms. The van der Waals surface area contributed by atoms with Crippen LogP contribution in [0.1, 0.15) is 43.2 Å². The normalized spacial score (nSPS) is 28.4. The van der Waals surface area contributed by atoms with Crippen LogP contribution in [0.15, 0.2) is 18.2 Å². The number of nitrogens with zero attached hydrogens (tertiary/aromatic N) is 1. The van der Waals surface area contributed by atoms with E-state index in [9.17, 15) is 18.8 Å². The van der Waals surface area contributed by atoms with Crippen LogP contribution in [0.25, 0.3) is 0 Å². The first-order chi connectivity index (χ1) is 13.4. The number of nitrogens with two attached hydrogens (primary N) is 1. The van der Waals surface area contributed by atoms with Crippen molar-refractivity contribution in [3.63, 3.8) is 0 Å². The van der Waals surface area contributed by atoms with E-state index in [1.807, 2.05) is 0 Å². The summed E-state index contributed by atoms with van der Waals surface area (Å²) in [6.45, 7) is 0.962. The lowest BCUT2D eigenvalue weighted by Crippen LogP contribution is -2.61. The quantitative estimate of drug-likeness (QED) is 0.762. The van der Waals surface area contributed by atoms with Gasteiger partial charge in [0.15, 0.2) is 0 Å². The van der Waals surface area contributed by atoms with E-state index in [0.717, 1.165) is 17.5 Å². The number of ether oxygens (including phenoxy) is 1. The minimum absolute atomic E-state index is 0.212. The van der Waals surface area contributed by atoms with Crippen molar-refractivity contribution in [1.82, 2.24) is 10.2 Å². The number of carbonyl (C=O) groups is 3. The molecule has 2 heterocycles. The highest BCUT2D eigenvalue weighted by Crippen LogP contribution is 2.39. The third-order valence-electron chi connectivity index (χ3n) is 6.18. The van der Waals surface area contributed by atoms with Crippen molar-refractivity contribution in [2.24, 2.45) is 11.7 Å². The lowest BCUT2D eigenvalue weighted by molar-refractivity contribution is -0.145. The van der Waals surface area contributed by atoms with Gasteiger partial charge in [-0.3, -0.25) is 19.8 Å². The Morgan fingerprint density at radius 2 is 2.00 bits per heavy atom. The van der Waals surface area contributed by atoms with E-state index in [1.54, 1.807) is 6.07 Å². The molecule has 1 aromatic carbocycles. The van der Waals surface area contributed by atoms with Crippen molar-refractivity contribution in [1.29, 1.82) is 0 Å². The first-order valence-corrected chi connectivity index (χ1v) is 9.72. The van der Waals surface area contributed by atoms with Gasteiger partial charge in [0.25, 0.3) is 0 Å². The van der Waals surface area contributed by atoms with E-state index < -0.39 is 29.3 Å². The van der Waals surface area contributed by atoms with E-state index in [1.165, 1.54) is 17.0 Å². The summed E-state index contributed by atoms with van der Waals surface area (Å²) >= 11 is 0. The lowest BCUT2D eigenvalue weighted by Gasteiger charge is -2.38. The molecule has 2 saturated heterocycles. The van der Waals surface area contributed by atoms with E-state index in [-0.39, 0.29) is 18.3 Å². The number of fused-ring (bicyclic) bond motifs is 1. The van der Waals surface area contributed by atoms with E-state index in [4.69, 9.17) is 10.5 Å². The van der Waals surface area contributed by atoms with Gasteiger partial charge in [-0.25, -0.2) is 9.18 Å². The maximum Gasteiger partial charge on any atom is 0.331 e. The maximum absolute atomic E-state index is 13.7. The minimum Gasteiger partial charge on any atom is -0.381 e. The first kappa shape index (κ1) is 19.0. The number of aryl methyl sites for hydroxylation is 1. The fourth-order valence-corrected chi connectivity index (χ4v) is 4.56. The number of hydrogen-bond donors (Lipinski definition) is 2. The van der Waals surface area contributed by atoms with Crippen LogP contribution in [0, 0.1) is 11.7 Å². The van der Waals surface area contributed by atoms with Crippen LogP contribution in [0.3, 0.4) is 0 Å². The van der Waals surface area contributed by atoms with Gasteiger partial charge >= 0.3 is 6.03 Å². The number of benzene rings is 1. The summed E-state index contributed by atoms with van der Waals surface area (Å²) in [7, 11) is 0. The molecule has 0 saturated carbocycles. The van der Waals surface area contributed by atoms with E-state index in [2.05, 4.69) is 5.32 Å². The molecule has 1 unspecified atom stereocenters. The van der Waals surface area contributed by atoms with Crippen LogP contribution >= 0.6 is 0 Å². The summed E-state index contributed by atoms with van der Waals surface area (Å²) in [5.41, 5.74) is 7.52. The number of amides is 4. The molecule has 3 aliphatic rings. The highest BCUT2D eigenvalue weighted by Gasteiger charge is 2.45. The number of imide groups is 2. The lowest BCUT2D eigenvalue weighted by atomic mass is 9.84. The Labute approximate surface area is 162 Å².